The van der Waals surface area contributed by atoms with Crippen molar-refractivity contribution in [2.75, 3.05) is 0 Å². The highest BCUT2D eigenvalue weighted by Crippen LogP contribution is 2.43. The predicted octanol–water partition coefficient (Wildman–Crippen LogP) is 4.75. The van der Waals surface area contributed by atoms with Gasteiger partial charge < -0.3 is 0 Å². The van der Waals surface area contributed by atoms with Gasteiger partial charge in [-0.2, -0.15) is 0 Å². The molecule has 3 aromatic carbocycles. The van der Waals surface area contributed by atoms with Crippen LogP contribution in [0.25, 0.3) is 11.1 Å². The molecule has 0 fully saturated rings. The molecule has 4 rings (SSSR count). The third-order valence-corrected chi connectivity index (χ3v) is 5.95. The molecule has 0 N–H and O–H groups in total. The second-order valence-electron chi connectivity index (χ2n) is 6.21. The summed E-state index contributed by atoms with van der Waals surface area (Å²) in [6, 6.07) is 26.9. The van der Waals surface area contributed by atoms with Crippen LogP contribution in [0.4, 0.5) is 0 Å². The van der Waals surface area contributed by atoms with E-state index in [9.17, 15) is 13.2 Å². The second-order valence-corrected chi connectivity index (χ2v) is 7.94. The van der Waals surface area contributed by atoms with Gasteiger partial charge in [-0.15, -0.1) is 0 Å². The molecule has 0 radical (unpaired) electrons. The number of carbonyl (C=O) groups excluding carboxylic acids is 1. The van der Waals surface area contributed by atoms with Crippen LogP contribution in [0.15, 0.2) is 101 Å². The number of ketones is 1. The fraction of sp³-hybridized carbons (Fsp3) is 0. The van der Waals surface area contributed by atoms with Crippen LogP contribution in [0.1, 0.15) is 21.5 Å². The van der Waals surface area contributed by atoms with Gasteiger partial charge in [-0.05, 0) is 11.1 Å². The van der Waals surface area contributed by atoms with Gasteiger partial charge in [0.25, 0.3) is 0 Å². The van der Waals surface area contributed by atoms with Crippen LogP contribution < -0.4 is 0 Å². The number of allylic oxidation sites excluding steroid dienone is 3. The normalized spacial score (nSPS) is 15.5. The van der Waals surface area contributed by atoms with E-state index < -0.39 is 15.6 Å². The minimum absolute atomic E-state index is 0.168. The smallest absolute Gasteiger partial charge is 0.205 e. The molecule has 0 amide bonds. The molecule has 0 aliphatic carbocycles. The van der Waals surface area contributed by atoms with E-state index in [-0.39, 0.29) is 4.91 Å². The van der Waals surface area contributed by atoms with Gasteiger partial charge in [0.15, 0.2) is 0 Å². The predicted molar refractivity (Wildman–Crippen MR) is 107 cm³/mol. The average Bonchev–Trinajstić information content (AvgIpc) is 3.00. The fourth-order valence-corrected chi connectivity index (χ4v) is 4.79. The summed E-state index contributed by atoms with van der Waals surface area (Å²) in [5.74, 6) is -0.489. The van der Waals surface area contributed by atoms with E-state index in [0.29, 0.717) is 22.3 Å². The lowest BCUT2D eigenvalue weighted by Gasteiger charge is -2.11. The second kappa shape index (κ2) is 6.82. The molecule has 0 saturated carbocycles. The number of rotatable bonds is 4. The molecular weight excluding hydrogens is 356 g/mol. The van der Waals surface area contributed by atoms with Gasteiger partial charge in [-0.25, -0.2) is 8.42 Å². The molecule has 0 saturated heterocycles. The number of hydrogen-bond donors (Lipinski definition) is 0. The SMILES string of the molecule is O=C(C1=C(c2ccccc2)C(c2ccccc2)=CS1(=O)=O)c1ccccc1. The highest BCUT2D eigenvalue weighted by Gasteiger charge is 2.36. The molecule has 3 aromatic rings. The van der Waals surface area contributed by atoms with E-state index in [1.165, 1.54) is 5.41 Å². The zero-order valence-corrected chi connectivity index (χ0v) is 15.2. The Labute approximate surface area is 158 Å². The highest BCUT2D eigenvalue weighted by molar-refractivity contribution is 7.99. The summed E-state index contributed by atoms with van der Waals surface area (Å²) in [6.45, 7) is 0. The zero-order chi connectivity index (χ0) is 18.9. The third kappa shape index (κ3) is 3.15. The van der Waals surface area contributed by atoms with Crippen molar-refractivity contribution in [3.8, 4) is 0 Å². The van der Waals surface area contributed by atoms with Crippen molar-refractivity contribution in [1.82, 2.24) is 0 Å². The molecule has 1 aliphatic rings. The molecule has 0 atom stereocenters. The maximum Gasteiger partial charge on any atom is 0.205 e. The number of carbonyl (C=O) groups is 1. The molecule has 132 valence electrons. The van der Waals surface area contributed by atoms with Crippen LogP contribution >= 0.6 is 0 Å². The average molecular weight is 372 g/mol. The van der Waals surface area contributed by atoms with E-state index in [4.69, 9.17) is 0 Å². The van der Waals surface area contributed by atoms with Gasteiger partial charge in [0.2, 0.25) is 15.6 Å². The minimum Gasteiger partial charge on any atom is -0.288 e. The molecule has 1 aliphatic heterocycles. The zero-order valence-electron chi connectivity index (χ0n) is 14.4. The highest BCUT2D eigenvalue weighted by atomic mass is 32.2. The number of sulfone groups is 1. The van der Waals surface area contributed by atoms with E-state index in [1.54, 1.807) is 30.3 Å². The van der Waals surface area contributed by atoms with Crippen molar-refractivity contribution >= 4 is 26.8 Å². The molecule has 27 heavy (non-hydrogen) atoms. The first-order valence-electron chi connectivity index (χ1n) is 8.50. The maximum absolute atomic E-state index is 13.2. The monoisotopic (exact) mass is 372 g/mol. The summed E-state index contributed by atoms with van der Waals surface area (Å²) < 4.78 is 26.0. The minimum atomic E-state index is -3.86. The lowest BCUT2D eigenvalue weighted by molar-refractivity contribution is 0.104. The van der Waals surface area contributed by atoms with Crippen molar-refractivity contribution in [3.63, 3.8) is 0 Å². The first-order chi connectivity index (χ1) is 13.1. The van der Waals surface area contributed by atoms with E-state index >= 15 is 0 Å². The number of hydrogen-bond acceptors (Lipinski definition) is 3. The van der Waals surface area contributed by atoms with Crippen molar-refractivity contribution in [3.05, 3.63) is 118 Å². The number of Topliss-reactive ketones (excluding diaryl/α,β-unsaturated/α-hetero) is 1. The lowest BCUT2D eigenvalue weighted by Crippen LogP contribution is -2.11. The van der Waals surface area contributed by atoms with Crippen LogP contribution in [0.3, 0.4) is 0 Å². The Morgan fingerprint density at radius 3 is 1.67 bits per heavy atom. The summed E-state index contributed by atoms with van der Waals surface area (Å²) in [5, 5.41) is 1.21. The van der Waals surface area contributed by atoms with Gasteiger partial charge >= 0.3 is 0 Å². The molecule has 0 bridgehead atoms. The van der Waals surface area contributed by atoms with Crippen molar-refractivity contribution in [1.29, 1.82) is 0 Å². The summed E-state index contributed by atoms with van der Waals surface area (Å²) in [4.78, 5) is 13.0. The fourth-order valence-electron chi connectivity index (χ4n) is 3.22. The summed E-state index contributed by atoms with van der Waals surface area (Å²) in [7, 11) is -3.86. The van der Waals surface area contributed by atoms with Crippen LogP contribution in [-0.4, -0.2) is 14.2 Å². The van der Waals surface area contributed by atoms with Gasteiger partial charge in [0.1, 0.15) is 4.91 Å². The van der Waals surface area contributed by atoms with E-state index in [1.807, 2.05) is 60.7 Å². The van der Waals surface area contributed by atoms with Crippen molar-refractivity contribution < 1.29 is 13.2 Å². The molecule has 0 spiro atoms. The van der Waals surface area contributed by atoms with Gasteiger partial charge in [0.05, 0.1) is 0 Å². The summed E-state index contributed by atoms with van der Waals surface area (Å²) in [6.07, 6.45) is 0. The third-order valence-electron chi connectivity index (χ3n) is 4.44. The summed E-state index contributed by atoms with van der Waals surface area (Å²) in [5.41, 5.74) is 2.81. The molecular formula is C23H16O3S. The molecule has 4 heteroatoms. The maximum atomic E-state index is 13.2. The molecule has 3 nitrogen and oxygen atoms in total. The first-order valence-corrected chi connectivity index (χ1v) is 10.0. The Balaban J connectivity index is 2.00. The van der Waals surface area contributed by atoms with Gasteiger partial charge in [-0.3, -0.25) is 4.79 Å². The topological polar surface area (TPSA) is 51.2 Å². The van der Waals surface area contributed by atoms with Gasteiger partial charge in [0, 0.05) is 22.1 Å². The molecule has 1 heterocycles. The van der Waals surface area contributed by atoms with Crippen LogP contribution in [-0.2, 0) is 9.84 Å². The largest absolute Gasteiger partial charge is 0.288 e. The summed E-state index contributed by atoms with van der Waals surface area (Å²) >= 11 is 0. The molecule has 0 unspecified atom stereocenters. The Morgan fingerprint density at radius 1 is 0.630 bits per heavy atom. The number of benzene rings is 3. The standard InChI is InChI=1S/C23H16O3S/c24-22(19-14-8-3-9-15-19)23-21(18-12-6-2-7-13-18)20(16-27(23,25)26)17-10-4-1-5-11-17/h1-16H. The van der Waals surface area contributed by atoms with Gasteiger partial charge in [-0.1, -0.05) is 91.0 Å². The van der Waals surface area contributed by atoms with E-state index in [0.717, 1.165) is 5.56 Å². The quantitative estimate of drug-likeness (QED) is 0.621. The lowest BCUT2D eigenvalue weighted by atomic mass is 9.92. The molecule has 0 aromatic heterocycles. The van der Waals surface area contributed by atoms with Crippen molar-refractivity contribution in [2.24, 2.45) is 0 Å². The Bertz CT molecular complexity index is 1160. The van der Waals surface area contributed by atoms with Crippen LogP contribution in [0.2, 0.25) is 0 Å². The first kappa shape index (κ1) is 17.2. The van der Waals surface area contributed by atoms with E-state index in [2.05, 4.69) is 0 Å². The van der Waals surface area contributed by atoms with Crippen LogP contribution in [0, 0.1) is 0 Å². The Kier molecular flexibility index (Phi) is 4.34. The Morgan fingerprint density at radius 2 is 1.11 bits per heavy atom. The Hall–Kier alpha value is -3.24. The van der Waals surface area contributed by atoms with Crippen LogP contribution in [0.5, 0.6) is 0 Å². The van der Waals surface area contributed by atoms with Crippen molar-refractivity contribution in [2.45, 2.75) is 0 Å².